The molecule has 0 radical (unpaired) electrons. The number of rotatable bonds is 74. The first kappa shape index (κ1) is 98.0. The molecule has 0 aromatic carbocycles. The molecule has 19 nitrogen and oxygen atoms in total. The molecule has 0 aliphatic carbocycles. The van der Waals surface area contributed by atoms with Gasteiger partial charge in [-0.25, -0.2) is 0 Å². The lowest BCUT2D eigenvalue weighted by molar-refractivity contribution is -0.379. The molecular formula is C86H167NO18. The maximum Gasteiger partial charge on any atom is 0.220 e. The molecule has 1 amide bonds. The van der Waals surface area contributed by atoms with Crippen LogP contribution in [0.15, 0.2) is 0 Å². The molecule has 0 aromatic heterocycles. The number of ether oxygens (including phenoxy) is 6. The van der Waals surface area contributed by atoms with Crippen LogP contribution in [-0.2, 0) is 33.2 Å². The number of hydrogen-bond acceptors (Lipinski definition) is 18. The van der Waals surface area contributed by atoms with E-state index in [-0.39, 0.29) is 18.9 Å². The number of aliphatic hydroxyl groups is 11. The fourth-order valence-corrected chi connectivity index (χ4v) is 15.8. The van der Waals surface area contributed by atoms with Gasteiger partial charge in [-0.15, -0.1) is 0 Å². The van der Waals surface area contributed by atoms with E-state index in [1.54, 1.807) is 0 Å². The van der Waals surface area contributed by atoms with Gasteiger partial charge in [0, 0.05) is 6.42 Å². The third-order valence-electron chi connectivity index (χ3n) is 22.9. The summed E-state index contributed by atoms with van der Waals surface area (Å²) in [4.78, 5) is 13.5. The Morgan fingerprint density at radius 2 is 0.543 bits per heavy atom. The summed E-state index contributed by atoms with van der Waals surface area (Å²) in [5, 5.41) is 121. The lowest BCUT2D eigenvalue weighted by atomic mass is 9.96. The van der Waals surface area contributed by atoms with E-state index in [4.69, 9.17) is 28.4 Å². The average molecular weight is 1500 g/mol. The third-order valence-corrected chi connectivity index (χ3v) is 22.9. The van der Waals surface area contributed by atoms with E-state index in [0.717, 1.165) is 44.9 Å². The predicted octanol–water partition coefficient (Wildman–Crippen LogP) is 16.5. The smallest absolute Gasteiger partial charge is 0.220 e. The van der Waals surface area contributed by atoms with Crippen molar-refractivity contribution >= 4 is 5.91 Å². The quantitative estimate of drug-likeness (QED) is 0.0252. The van der Waals surface area contributed by atoms with Crippen molar-refractivity contribution in [2.75, 3.05) is 26.4 Å². The molecule has 0 aromatic rings. The molecule has 0 bridgehead atoms. The summed E-state index contributed by atoms with van der Waals surface area (Å²) < 4.78 is 34.6. The molecule has 624 valence electrons. The van der Waals surface area contributed by atoms with Gasteiger partial charge in [0.25, 0.3) is 0 Å². The Morgan fingerprint density at radius 3 is 0.829 bits per heavy atom. The highest BCUT2D eigenvalue weighted by Gasteiger charge is 2.54. The monoisotopic (exact) mass is 1500 g/mol. The molecule has 0 saturated carbocycles. The lowest BCUT2D eigenvalue weighted by Crippen LogP contribution is -2.66. The zero-order valence-corrected chi connectivity index (χ0v) is 67.3. The van der Waals surface area contributed by atoms with Crippen molar-refractivity contribution < 1.29 is 89.4 Å². The second-order valence-electron chi connectivity index (χ2n) is 32.4. The molecule has 17 atom stereocenters. The summed E-state index contributed by atoms with van der Waals surface area (Å²) in [5.74, 6) is -0.231. The highest BCUT2D eigenvalue weighted by Crippen LogP contribution is 2.34. The van der Waals surface area contributed by atoms with E-state index in [9.17, 15) is 61.0 Å². The number of carbonyl (C=O) groups excluding carboxylic acids is 1. The number of unbranched alkanes of at least 4 members (excludes halogenated alkanes) is 58. The first-order chi connectivity index (χ1) is 51.3. The Bertz CT molecular complexity index is 1890. The molecular weight excluding hydrogens is 1330 g/mol. The molecule has 3 heterocycles. The van der Waals surface area contributed by atoms with E-state index < -0.39 is 124 Å². The summed E-state index contributed by atoms with van der Waals surface area (Å²) in [5.41, 5.74) is 0. The van der Waals surface area contributed by atoms with Crippen LogP contribution in [0.4, 0.5) is 0 Å². The molecule has 3 aliphatic rings. The number of aliphatic hydroxyl groups excluding tert-OH is 11. The molecule has 3 rings (SSSR count). The fourth-order valence-electron chi connectivity index (χ4n) is 15.8. The van der Waals surface area contributed by atoms with Crippen LogP contribution in [0, 0.1) is 0 Å². The summed E-state index contributed by atoms with van der Waals surface area (Å²) in [7, 11) is 0. The molecule has 3 saturated heterocycles. The maximum atomic E-state index is 13.5. The second-order valence-corrected chi connectivity index (χ2v) is 32.4. The molecule has 17 unspecified atom stereocenters. The molecule has 3 fully saturated rings. The van der Waals surface area contributed by atoms with E-state index in [0.29, 0.717) is 12.8 Å². The normalized spacial score (nSPS) is 25.7. The van der Waals surface area contributed by atoms with E-state index >= 15 is 0 Å². The maximum absolute atomic E-state index is 13.5. The van der Waals surface area contributed by atoms with E-state index in [1.807, 2.05) is 0 Å². The predicted molar refractivity (Wildman–Crippen MR) is 421 cm³/mol. The Labute approximate surface area is 640 Å². The van der Waals surface area contributed by atoms with Gasteiger partial charge in [0.15, 0.2) is 18.9 Å². The highest BCUT2D eigenvalue weighted by atomic mass is 16.8. The third kappa shape index (κ3) is 46.5. The van der Waals surface area contributed by atoms with Crippen LogP contribution >= 0.6 is 0 Å². The van der Waals surface area contributed by atoms with Crippen LogP contribution in [0.25, 0.3) is 0 Å². The zero-order chi connectivity index (χ0) is 76.0. The fraction of sp³-hybridized carbons (Fsp3) is 0.988. The van der Waals surface area contributed by atoms with Crippen molar-refractivity contribution in [3.63, 3.8) is 0 Å². The van der Waals surface area contributed by atoms with E-state index in [2.05, 4.69) is 19.2 Å². The average Bonchev–Trinajstić information content (AvgIpc) is 0.779. The van der Waals surface area contributed by atoms with Gasteiger partial charge in [0.1, 0.15) is 73.2 Å². The van der Waals surface area contributed by atoms with Crippen LogP contribution < -0.4 is 5.32 Å². The second kappa shape index (κ2) is 67.3. The van der Waals surface area contributed by atoms with Gasteiger partial charge in [-0.1, -0.05) is 393 Å². The first-order valence-electron chi connectivity index (χ1n) is 44.8. The molecule has 105 heavy (non-hydrogen) atoms. The first-order valence-corrected chi connectivity index (χ1v) is 44.8. The van der Waals surface area contributed by atoms with E-state index in [1.165, 1.54) is 334 Å². The largest absolute Gasteiger partial charge is 0.394 e. The summed E-state index contributed by atoms with van der Waals surface area (Å²) in [6.07, 6.45) is 53.7. The van der Waals surface area contributed by atoms with Crippen molar-refractivity contribution in [2.24, 2.45) is 0 Å². The number of nitrogens with one attached hydrogen (secondary N) is 1. The van der Waals surface area contributed by atoms with Gasteiger partial charge in [-0.05, 0) is 12.8 Å². The van der Waals surface area contributed by atoms with Gasteiger partial charge in [-0.3, -0.25) is 4.79 Å². The Morgan fingerprint density at radius 1 is 0.305 bits per heavy atom. The summed E-state index contributed by atoms with van der Waals surface area (Å²) >= 11 is 0. The molecule has 12 N–H and O–H groups in total. The summed E-state index contributed by atoms with van der Waals surface area (Å²) in [6, 6.07) is -0.884. The highest BCUT2D eigenvalue weighted by molar-refractivity contribution is 5.76. The van der Waals surface area contributed by atoms with Crippen LogP contribution in [0.5, 0.6) is 0 Å². The lowest BCUT2D eigenvalue weighted by Gasteiger charge is -2.48. The number of carbonyl (C=O) groups is 1. The Hall–Kier alpha value is -1.21. The SMILES string of the molecule is CCCCCCCCCCCCCCCCCCCCCCCCCCCCCCCCCCCCCCCC(=O)NC(COC1OC(CO)C(OC2OC(CO)C(OC3OC(CO)C(O)C(O)C3O)C(O)C2O)C(O)C1O)C(O)CCCCCCCCCCCCCCCCCCCCCCCCC. The van der Waals surface area contributed by atoms with Crippen LogP contribution in [-0.4, -0.2) is 193 Å². The standard InChI is InChI=1S/C86H167NO18/c1-3-5-7-9-11-13-15-17-19-21-23-25-27-28-29-30-31-32-33-34-35-36-37-38-39-40-42-44-46-48-50-52-54-56-58-60-62-64-74(92)87-69(70(91)63-61-59-57-55-53-51-49-47-45-43-41-26-24-22-20-18-16-14-12-10-8-6-4-2)68-100-84-80(98)77(95)82(72(66-89)102-84)105-86-81(99)78(96)83(73(67-90)103-86)104-85-79(97)76(94)75(93)71(65-88)101-85/h69-73,75-86,88-91,93-99H,3-68H2,1-2H3,(H,87,92). The van der Waals surface area contributed by atoms with Crippen molar-refractivity contribution in [3.8, 4) is 0 Å². The van der Waals surface area contributed by atoms with Gasteiger partial charge in [0.05, 0.1) is 38.6 Å². The number of hydrogen-bond donors (Lipinski definition) is 12. The Balaban J connectivity index is 1.30. The minimum atomic E-state index is -1.97. The van der Waals surface area contributed by atoms with Crippen molar-refractivity contribution in [1.29, 1.82) is 0 Å². The van der Waals surface area contributed by atoms with Crippen LogP contribution in [0.1, 0.15) is 412 Å². The zero-order valence-electron chi connectivity index (χ0n) is 67.3. The summed E-state index contributed by atoms with van der Waals surface area (Å²) in [6.45, 7) is 1.89. The van der Waals surface area contributed by atoms with Crippen LogP contribution in [0.3, 0.4) is 0 Å². The Kier molecular flexibility index (Phi) is 62.8. The molecule has 3 aliphatic heterocycles. The minimum Gasteiger partial charge on any atom is -0.394 e. The van der Waals surface area contributed by atoms with Crippen molar-refractivity contribution in [1.82, 2.24) is 5.32 Å². The molecule has 19 heteroatoms. The van der Waals surface area contributed by atoms with Gasteiger partial charge < -0.3 is 89.9 Å². The van der Waals surface area contributed by atoms with Crippen molar-refractivity contribution in [2.45, 2.75) is 516 Å². The minimum absolute atomic E-state index is 0.231. The van der Waals surface area contributed by atoms with Gasteiger partial charge >= 0.3 is 0 Å². The van der Waals surface area contributed by atoms with Gasteiger partial charge in [0.2, 0.25) is 5.91 Å². The molecule has 0 spiro atoms. The van der Waals surface area contributed by atoms with Crippen molar-refractivity contribution in [3.05, 3.63) is 0 Å². The topological polar surface area (TPSA) is 307 Å². The van der Waals surface area contributed by atoms with Gasteiger partial charge in [-0.2, -0.15) is 0 Å². The number of amides is 1. The van der Waals surface area contributed by atoms with Crippen LogP contribution in [0.2, 0.25) is 0 Å².